The van der Waals surface area contributed by atoms with Crippen LogP contribution in [0.25, 0.3) is 6.08 Å². The van der Waals surface area contributed by atoms with Crippen LogP contribution in [-0.4, -0.2) is 17.9 Å². The van der Waals surface area contributed by atoms with Crippen LogP contribution in [0.3, 0.4) is 0 Å². The van der Waals surface area contributed by atoms with Crippen LogP contribution in [-0.2, 0) is 5.41 Å². The van der Waals surface area contributed by atoms with Gasteiger partial charge >= 0.3 is 0 Å². The Bertz CT molecular complexity index is 829. The Morgan fingerprint density at radius 1 is 0.962 bits per heavy atom. The van der Waals surface area contributed by atoms with Crippen molar-refractivity contribution in [3.05, 3.63) is 71.3 Å². The minimum Gasteiger partial charge on any atom is -0.494 e. The second kappa shape index (κ2) is 7.11. The monoisotopic (exact) mass is 347 g/mol. The fourth-order valence-corrected chi connectivity index (χ4v) is 3.27. The highest BCUT2D eigenvalue weighted by Crippen LogP contribution is 2.44. The van der Waals surface area contributed by atoms with E-state index in [0.29, 0.717) is 0 Å². The zero-order valence-electron chi connectivity index (χ0n) is 16.5. The van der Waals surface area contributed by atoms with Crippen LogP contribution in [0.1, 0.15) is 57.7 Å². The van der Waals surface area contributed by atoms with Gasteiger partial charge in [0.25, 0.3) is 0 Å². The van der Waals surface area contributed by atoms with Crippen molar-refractivity contribution in [3.8, 4) is 5.75 Å². The number of benzene rings is 2. The zero-order chi connectivity index (χ0) is 18.8. The van der Waals surface area contributed by atoms with Crippen LogP contribution in [0.4, 0.5) is 0 Å². The average molecular weight is 348 g/mol. The standard InChI is InChI=1S/C24H29NO/c1-6-16-26-19-13-14-20-21(17-19)23(2,3)24(4,5)25-22(20)15-12-18-10-8-7-9-11-18/h7-15,17H,6,16H2,1-5H3/b15-12+. The minimum atomic E-state index is -0.195. The maximum Gasteiger partial charge on any atom is 0.119 e. The molecule has 0 saturated carbocycles. The lowest BCUT2D eigenvalue weighted by molar-refractivity contribution is 0.296. The van der Waals surface area contributed by atoms with E-state index in [1.807, 2.05) is 6.07 Å². The van der Waals surface area contributed by atoms with Gasteiger partial charge in [-0.2, -0.15) is 0 Å². The number of fused-ring (bicyclic) bond motifs is 1. The molecular weight excluding hydrogens is 318 g/mol. The molecule has 0 atom stereocenters. The summed E-state index contributed by atoms with van der Waals surface area (Å²) >= 11 is 0. The summed E-state index contributed by atoms with van der Waals surface area (Å²) in [5.74, 6) is 0.947. The van der Waals surface area contributed by atoms with E-state index in [1.165, 1.54) is 16.7 Å². The van der Waals surface area contributed by atoms with Gasteiger partial charge in [-0.25, -0.2) is 0 Å². The van der Waals surface area contributed by atoms with Gasteiger partial charge in [0.2, 0.25) is 0 Å². The lowest BCUT2D eigenvalue weighted by Crippen LogP contribution is -2.45. The van der Waals surface area contributed by atoms with E-state index >= 15 is 0 Å². The molecule has 3 rings (SSSR count). The van der Waals surface area contributed by atoms with E-state index in [0.717, 1.165) is 24.5 Å². The summed E-state index contributed by atoms with van der Waals surface area (Å²) < 4.78 is 5.89. The van der Waals surface area contributed by atoms with Crippen molar-refractivity contribution in [2.75, 3.05) is 6.61 Å². The first-order valence-corrected chi connectivity index (χ1v) is 9.46. The van der Waals surface area contributed by atoms with Crippen LogP contribution < -0.4 is 4.74 Å². The molecule has 0 radical (unpaired) electrons. The highest BCUT2D eigenvalue weighted by Gasteiger charge is 2.43. The number of ether oxygens (including phenoxy) is 1. The molecular formula is C24H29NO. The normalized spacial score (nSPS) is 17.7. The molecule has 1 aliphatic heterocycles. The van der Waals surface area contributed by atoms with Crippen LogP contribution in [0.15, 0.2) is 59.6 Å². The number of hydrogen-bond donors (Lipinski definition) is 0. The lowest BCUT2D eigenvalue weighted by Gasteiger charge is -2.44. The molecule has 2 heteroatoms. The number of allylic oxidation sites excluding steroid dienone is 1. The van der Waals surface area contributed by atoms with Crippen molar-refractivity contribution >= 4 is 11.8 Å². The molecule has 1 aliphatic rings. The van der Waals surface area contributed by atoms with Gasteiger partial charge in [0, 0.05) is 11.0 Å². The predicted octanol–water partition coefficient (Wildman–Crippen LogP) is 6.05. The van der Waals surface area contributed by atoms with Gasteiger partial charge < -0.3 is 4.74 Å². The molecule has 1 heterocycles. The van der Waals surface area contributed by atoms with Crippen molar-refractivity contribution in [1.82, 2.24) is 0 Å². The second-order valence-corrected chi connectivity index (χ2v) is 7.98. The topological polar surface area (TPSA) is 21.6 Å². The molecule has 26 heavy (non-hydrogen) atoms. The van der Waals surface area contributed by atoms with Crippen molar-refractivity contribution in [3.63, 3.8) is 0 Å². The SMILES string of the molecule is CCCOc1ccc2c(c1)C(C)(C)C(C)(C)N=C2/C=C/c1ccccc1. The Kier molecular flexibility index (Phi) is 5.04. The first kappa shape index (κ1) is 18.4. The third kappa shape index (κ3) is 3.46. The third-order valence-electron chi connectivity index (χ3n) is 5.58. The molecule has 136 valence electrons. The highest BCUT2D eigenvalue weighted by molar-refractivity contribution is 6.13. The molecule has 0 saturated heterocycles. The summed E-state index contributed by atoms with van der Waals surface area (Å²) in [5, 5.41) is 0. The number of hydrogen-bond acceptors (Lipinski definition) is 2. The molecule has 0 N–H and O–H groups in total. The molecule has 0 fully saturated rings. The Morgan fingerprint density at radius 3 is 2.38 bits per heavy atom. The van der Waals surface area contributed by atoms with Crippen molar-refractivity contribution < 1.29 is 4.74 Å². The maximum atomic E-state index is 5.89. The Hall–Kier alpha value is -2.35. The van der Waals surface area contributed by atoms with Crippen LogP contribution in [0.5, 0.6) is 5.75 Å². The largest absolute Gasteiger partial charge is 0.494 e. The lowest BCUT2D eigenvalue weighted by atomic mass is 9.66. The Labute approximate surface area is 157 Å². The minimum absolute atomic E-state index is 0.0714. The smallest absolute Gasteiger partial charge is 0.119 e. The van der Waals surface area contributed by atoms with Gasteiger partial charge in [0.05, 0.1) is 17.9 Å². The zero-order valence-corrected chi connectivity index (χ0v) is 16.5. The van der Waals surface area contributed by atoms with Gasteiger partial charge in [-0.1, -0.05) is 57.2 Å². The van der Waals surface area contributed by atoms with E-state index in [2.05, 4.69) is 89.2 Å². The molecule has 0 bridgehead atoms. The molecule has 0 aromatic heterocycles. The molecule has 0 spiro atoms. The summed E-state index contributed by atoms with van der Waals surface area (Å²) in [4.78, 5) is 5.10. The molecule has 2 nitrogen and oxygen atoms in total. The Balaban J connectivity index is 2.04. The number of aliphatic imine (C=N–C) groups is 1. The van der Waals surface area contributed by atoms with Gasteiger partial charge in [-0.3, -0.25) is 4.99 Å². The summed E-state index contributed by atoms with van der Waals surface area (Å²) in [6.45, 7) is 11.9. The quantitative estimate of drug-likeness (QED) is 0.645. The van der Waals surface area contributed by atoms with E-state index in [1.54, 1.807) is 0 Å². The van der Waals surface area contributed by atoms with Crippen molar-refractivity contribution in [2.45, 2.75) is 52.0 Å². The summed E-state index contributed by atoms with van der Waals surface area (Å²) in [6.07, 6.45) is 5.29. The van der Waals surface area contributed by atoms with Gasteiger partial charge in [-0.05, 0) is 55.7 Å². The van der Waals surface area contributed by atoms with Crippen LogP contribution >= 0.6 is 0 Å². The summed E-state index contributed by atoms with van der Waals surface area (Å²) in [7, 11) is 0. The van der Waals surface area contributed by atoms with Gasteiger partial charge in [0.1, 0.15) is 5.75 Å². The number of nitrogens with zero attached hydrogens (tertiary/aromatic N) is 1. The van der Waals surface area contributed by atoms with E-state index in [-0.39, 0.29) is 11.0 Å². The first-order valence-electron chi connectivity index (χ1n) is 9.46. The summed E-state index contributed by atoms with van der Waals surface area (Å²) in [5.41, 5.74) is 4.46. The third-order valence-corrected chi connectivity index (χ3v) is 5.58. The van der Waals surface area contributed by atoms with Crippen LogP contribution in [0, 0.1) is 0 Å². The average Bonchev–Trinajstić information content (AvgIpc) is 2.63. The summed E-state index contributed by atoms with van der Waals surface area (Å²) in [6, 6.07) is 16.8. The molecule has 2 aromatic rings. The van der Waals surface area contributed by atoms with Crippen LogP contribution in [0.2, 0.25) is 0 Å². The molecule has 0 aliphatic carbocycles. The first-order chi connectivity index (χ1) is 12.3. The number of rotatable bonds is 5. The van der Waals surface area contributed by atoms with Crippen molar-refractivity contribution in [2.24, 2.45) is 4.99 Å². The molecule has 0 unspecified atom stereocenters. The maximum absolute atomic E-state index is 5.89. The fourth-order valence-electron chi connectivity index (χ4n) is 3.27. The van der Waals surface area contributed by atoms with Gasteiger partial charge in [0.15, 0.2) is 0 Å². The highest BCUT2D eigenvalue weighted by atomic mass is 16.5. The molecule has 2 aromatic carbocycles. The second-order valence-electron chi connectivity index (χ2n) is 7.98. The van der Waals surface area contributed by atoms with Gasteiger partial charge in [-0.15, -0.1) is 0 Å². The predicted molar refractivity (Wildman–Crippen MR) is 111 cm³/mol. The molecule has 0 amide bonds. The van der Waals surface area contributed by atoms with E-state index in [9.17, 15) is 0 Å². The van der Waals surface area contributed by atoms with E-state index < -0.39 is 0 Å². The Morgan fingerprint density at radius 2 is 1.69 bits per heavy atom. The van der Waals surface area contributed by atoms with Crippen molar-refractivity contribution in [1.29, 1.82) is 0 Å². The fraction of sp³-hybridized carbons (Fsp3) is 0.375. The van der Waals surface area contributed by atoms with E-state index in [4.69, 9.17) is 9.73 Å².